The highest BCUT2D eigenvalue weighted by Crippen LogP contribution is 2.60. The SMILES string of the molecule is CN=C(NCc1ccc(OC)c(OC)c1)NC1C2CCOC2C12CCCC2. The van der Waals surface area contributed by atoms with Crippen LogP contribution in [0.1, 0.15) is 37.7 Å². The van der Waals surface area contributed by atoms with Crippen LogP contribution in [-0.4, -0.2) is 46.0 Å². The summed E-state index contributed by atoms with van der Waals surface area (Å²) in [5.74, 6) is 2.98. The lowest BCUT2D eigenvalue weighted by Crippen LogP contribution is -2.69. The lowest BCUT2D eigenvalue weighted by molar-refractivity contribution is -0.125. The number of nitrogens with zero attached hydrogens (tertiary/aromatic N) is 1. The standard InChI is InChI=1S/C21H31N3O3/c1-22-20(23-13-14-6-7-16(25-2)17(12-14)26-3)24-18-15-8-11-27-19(15)21(18)9-4-5-10-21/h6-7,12,15,18-19H,4-5,8-11,13H2,1-3H3,(H2,22,23,24). The molecule has 1 spiro atoms. The van der Waals surface area contributed by atoms with Crippen LogP contribution in [0.4, 0.5) is 0 Å². The Labute approximate surface area is 161 Å². The van der Waals surface area contributed by atoms with Gasteiger partial charge in [0.05, 0.1) is 20.3 Å². The van der Waals surface area contributed by atoms with Crippen LogP contribution in [-0.2, 0) is 11.3 Å². The van der Waals surface area contributed by atoms with Gasteiger partial charge in [0.1, 0.15) is 0 Å². The molecule has 3 fully saturated rings. The average molecular weight is 373 g/mol. The lowest BCUT2D eigenvalue weighted by Gasteiger charge is -2.57. The zero-order valence-electron chi connectivity index (χ0n) is 16.6. The van der Waals surface area contributed by atoms with Gasteiger partial charge in [-0.2, -0.15) is 0 Å². The van der Waals surface area contributed by atoms with E-state index in [1.165, 1.54) is 25.7 Å². The predicted octanol–water partition coefficient (Wildman–Crippen LogP) is 2.72. The zero-order chi connectivity index (χ0) is 18.9. The smallest absolute Gasteiger partial charge is 0.191 e. The van der Waals surface area contributed by atoms with E-state index in [9.17, 15) is 0 Å². The predicted molar refractivity (Wildman–Crippen MR) is 105 cm³/mol. The summed E-state index contributed by atoms with van der Waals surface area (Å²) in [4.78, 5) is 4.47. The molecule has 6 nitrogen and oxygen atoms in total. The van der Waals surface area contributed by atoms with Gasteiger partial charge in [-0.3, -0.25) is 4.99 Å². The summed E-state index contributed by atoms with van der Waals surface area (Å²) < 4.78 is 16.8. The molecule has 0 radical (unpaired) electrons. The second-order valence-electron chi connectivity index (χ2n) is 7.92. The van der Waals surface area contributed by atoms with Crippen molar-refractivity contribution in [2.24, 2.45) is 16.3 Å². The van der Waals surface area contributed by atoms with Crippen molar-refractivity contribution in [3.05, 3.63) is 23.8 Å². The molecule has 3 atom stereocenters. The van der Waals surface area contributed by atoms with Crippen molar-refractivity contribution >= 4 is 5.96 Å². The van der Waals surface area contributed by atoms with Crippen molar-refractivity contribution in [2.75, 3.05) is 27.9 Å². The van der Waals surface area contributed by atoms with E-state index in [1.807, 2.05) is 25.2 Å². The molecule has 0 aromatic heterocycles. The number of ether oxygens (including phenoxy) is 3. The summed E-state index contributed by atoms with van der Waals surface area (Å²) >= 11 is 0. The summed E-state index contributed by atoms with van der Waals surface area (Å²) in [6.07, 6.45) is 6.82. The normalized spacial score (nSPS) is 28.6. The highest BCUT2D eigenvalue weighted by molar-refractivity contribution is 5.80. The number of rotatable bonds is 5. The third kappa shape index (κ3) is 3.14. The van der Waals surface area contributed by atoms with Crippen molar-refractivity contribution < 1.29 is 14.2 Å². The van der Waals surface area contributed by atoms with E-state index in [0.717, 1.165) is 36.0 Å². The molecule has 3 aliphatic rings. The first kappa shape index (κ1) is 18.4. The summed E-state index contributed by atoms with van der Waals surface area (Å²) in [7, 11) is 5.15. The van der Waals surface area contributed by atoms with Crippen LogP contribution in [0, 0.1) is 11.3 Å². The van der Waals surface area contributed by atoms with Gasteiger partial charge in [-0.25, -0.2) is 0 Å². The van der Waals surface area contributed by atoms with Gasteiger partial charge in [-0.05, 0) is 37.0 Å². The number of fused-ring (bicyclic) bond motifs is 2. The molecule has 148 valence electrons. The number of aliphatic imine (C=N–C) groups is 1. The Kier molecular flexibility index (Phi) is 5.17. The fourth-order valence-electron chi connectivity index (χ4n) is 5.42. The molecule has 1 aliphatic heterocycles. The van der Waals surface area contributed by atoms with Gasteiger partial charge in [-0.1, -0.05) is 18.9 Å². The molecule has 1 aromatic carbocycles. The molecule has 2 saturated carbocycles. The number of guanidine groups is 1. The molecule has 0 amide bonds. The second kappa shape index (κ2) is 7.58. The second-order valence-corrected chi connectivity index (χ2v) is 7.92. The molecule has 2 N–H and O–H groups in total. The molecule has 3 unspecified atom stereocenters. The monoisotopic (exact) mass is 373 g/mol. The van der Waals surface area contributed by atoms with Crippen molar-refractivity contribution in [3.8, 4) is 11.5 Å². The van der Waals surface area contributed by atoms with Crippen LogP contribution >= 0.6 is 0 Å². The van der Waals surface area contributed by atoms with E-state index in [1.54, 1.807) is 14.2 Å². The minimum Gasteiger partial charge on any atom is -0.493 e. The van der Waals surface area contributed by atoms with Gasteiger partial charge in [0, 0.05) is 37.6 Å². The number of nitrogens with one attached hydrogen (secondary N) is 2. The lowest BCUT2D eigenvalue weighted by atomic mass is 9.54. The molecule has 6 heteroatoms. The van der Waals surface area contributed by atoms with Gasteiger partial charge < -0.3 is 24.8 Å². The van der Waals surface area contributed by atoms with Gasteiger partial charge in [-0.15, -0.1) is 0 Å². The van der Waals surface area contributed by atoms with Crippen LogP contribution in [0.15, 0.2) is 23.2 Å². The van der Waals surface area contributed by atoms with E-state index in [2.05, 4.69) is 15.6 Å². The molecule has 1 aromatic rings. The number of benzene rings is 1. The van der Waals surface area contributed by atoms with E-state index in [0.29, 0.717) is 30.0 Å². The number of hydrogen-bond donors (Lipinski definition) is 2. The first-order chi connectivity index (χ1) is 13.2. The maximum Gasteiger partial charge on any atom is 0.191 e. The number of methoxy groups -OCH3 is 2. The molecule has 0 bridgehead atoms. The minimum absolute atomic E-state index is 0.322. The first-order valence-corrected chi connectivity index (χ1v) is 10.0. The van der Waals surface area contributed by atoms with Gasteiger partial charge >= 0.3 is 0 Å². The first-order valence-electron chi connectivity index (χ1n) is 10.0. The number of hydrogen-bond acceptors (Lipinski definition) is 4. The summed E-state index contributed by atoms with van der Waals surface area (Å²) in [5, 5.41) is 7.19. The largest absolute Gasteiger partial charge is 0.493 e. The van der Waals surface area contributed by atoms with E-state index in [4.69, 9.17) is 14.2 Å². The van der Waals surface area contributed by atoms with E-state index in [-0.39, 0.29) is 0 Å². The zero-order valence-corrected chi connectivity index (χ0v) is 16.6. The molecular formula is C21H31N3O3. The third-order valence-electron chi connectivity index (χ3n) is 6.71. The van der Waals surface area contributed by atoms with Crippen LogP contribution in [0.25, 0.3) is 0 Å². The quantitative estimate of drug-likeness (QED) is 0.614. The van der Waals surface area contributed by atoms with Crippen molar-refractivity contribution in [1.82, 2.24) is 10.6 Å². The van der Waals surface area contributed by atoms with Crippen LogP contribution in [0.5, 0.6) is 11.5 Å². The third-order valence-corrected chi connectivity index (χ3v) is 6.71. The highest BCUT2D eigenvalue weighted by Gasteiger charge is 2.65. The molecule has 27 heavy (non-hydrogen) atoms. The molecular weight excluding hydrogens is 342 g/mol. The van der Waals surface area contributed by atoms with Crippen molar-refractivity contribution in [3.63, 3.8) is 0 Å². The summed E-state index contributed by atoms with van der Waals surface area (Å²) in [6, 6.07) is 6.46. The van der Waals surface area contributed by atoms with Gasteiger partial charge in [0.2, 0.25) is 0 Å². The topological polar surface area (TPSA) is 64.1 Å². The average Bonchev–Trinajstić information content (AvgIpc) is 3.36. The van der Waals surface area contributed by atoms with Crippen molar-refractivity contribution in [2.45, 2.75) is 50.8 Å². The highest BCUT2D eigenvalue weighted by atomic mass is 16.5. The maximum absolute atomic E-state index is 6.09. The maximum atomic E-state index is 6.09. The van der Waals surface area contributed by atoms with E-state index >= 15 is 0 Å². The van der Waals surface area contributed by atoms with Crippen LogP contribution in [0.3, 0.4) is 0 Å². The fourth-order valence-corrected chi connectivity index (χ4v) is 5.42. The Hall–Kier alpha value is -1.95. The van der Waals surface area contributed by atoms with Crippen LogP contribution < -0.4 is 20.1 Å². The fraction of sp³-hybridized carbons (Fsp3) is 0.667. The minimum atomic E-state index is 0.322. The summed E-state index contributed by atoms with van der Waals surface area (Å²) in [5.41, 5.74) is 1.45. The molecule has 2 aliphatic carbocycles. The van der Waals surface area contributed by atoms with Gasteiger partial charge in [0.15, 0.2) is 17.5 Å². The van der Waals surface area contributed by atoms with Crippen molar-refractivity contribution in [1.29, 1.82) is 0 Å². The molecule has 1 saturated heterocycles. The van der Waals surface area contributed by atoms with E-state index < -0.39 is 0 Å². The molecule has 4 rings (SSSR count). The molecule has 1 heterocycles. The Morgan fingerprint density at radius 1 is 1.22 bits per heavy atom. The van der Waals surface area contributed by atoms with Crippen LogP contribution in [0.2, 0.25) is 0 Å². The summed E-state index contributed by atoms with van der Waals surface area (Å²) in [6.45, 7) is 1.59. The Bertz CT molecular complexity index is 700. The Morgan fingerprint density at radius 3 is 2.70 bits per heavy atom. The Balaban J connectivity index is 1.40. The Morgan fingerprint density at radius 2 is 2.00 bits per heavy atom. The van der Waals surface area contributed by atoms with Gasteiger partial charge in [0.25, 0.3) is 0 Å².